The van der Waals surface area contributed by atoms with E-state index in [1.54, 1.807) is 6.92 Å². The highest BCUT2D eigenvalue weighted by atomic mass is 16.1. The molecule has 0 aliphatic rings. The maximum absolute atomic E-state index is 10.5. The van der Waals surface area contributed by atoms with E-state index in [1.807, 2.05) is 0 Å². The molecule has 0 aliphatic carbocycles. The van der Waals surface area contributed by atoms with Crippen LogP contribution in [0.15, 0.2) is 0 Å². The van der Waals surface area contributed by atoms with Gasteiger partial charge in [-0.05, 0) is 13.3 Å². The van der Waals surface area contributed by atoms with Gasteiger partial charge in [0.1, 0.15) is 5.78 Å². The Labute approximate surface area is 109 Å². The van der Waals surface area contributed by atoms with Gasteiger partial charge in [0.2, 0.25) is 0 Å². The summed E-state index contributed by atoms with van der Waals surface area (Å²) in [5, 5.41) is 0. The maximum atomic E-state index is 10.5. The highest BCUT2D eigenvalue weighted by molar-refractivity contribution is 5.75. The van der Waals surface area contributed by atoms with E-state index in [0.717, 1.165) is 12.8 Å². The molecule has 0 fully saturated rings. The van der Waals surface area contributed by atoms with Crippen LogP contribution >= 0.6 is 0 Å². The first-order valence-electron chi connectivity index (χ1n) is 7.68. The van der Waals surface area contributed by atoms with Gasteiger partial charge in [-0.15, -0.1) is 0 Å². The Hall–Kier alpha value is -0.330. The SMILES string of the molecule is CCCCCC.CCCCCCCCC(C)=O. The summed E-state index contributed by atoms with van der Waals surface area (Å²) in [7, 11) is 0. The Morgan fingerprint density at radius 1 is 0.647 bits per heavy atom. The molecule has 0 atom stereocenters. The average Bonchev–Trinajstić information content (AvgIpc) is 2.31. The summed E-state index contributed by atoms with van der Waals surface area (Å²) in [5.74, 6) is 0.334. The van der Waals surface area contributed by atoms with Crippen molar-refractivity contribution in [1.82, 2.24) is 0 Å². The lowest BCUT2D eigenvalue weighted by molar-refractivity contribution is -0.117. The van der Waals surface area contributed by atoms with E-state index in [-0.39, 0.29) is 0 Å². The fraction of sp³-hybridized carbons (Fsp3) is 0.938. The molecular formula is C16H34O. The molecule has 0 heterocycles. The molecule has 0 N–H and O–H groups in total. The van der Waals surface area contributed by atoms with Crippen molar-refractivity contribution < 1.29 is 4.79 Å². The molecule has 17 heavy (non-hydrogen) atoms. The summed E-state index contributed by atoms with van der Waals surface area (Å²) in [5.41, 5.74) is 0. The second-order valence-corrected chi connectivity index (χ2v) is 4.93. The van der Waals surface area contributed by atoms with Crippen LogP contribution < -0.4 is 0 Å². The highest BCUT2D eigenvalue weighted by Gasteiger charge is 1.92. The van der Waals surface area contributed by atoms with Gasteiger partial charge < -0.3 is 4.79 Å². The normalized spacial score (nSPS) is 9.65. The number of hydrogen-bond acceptors (Lipinski definition) is 1. The molecule has 0 aromatic heterocycles. The summed E-state index contributed by atoms with van der Waals surface area (Å²) in [6.07, 6.45) is 13.9. The van der Waals surface area contributed by atoms with Crippen molar-refractivity contribution in [3.05, 3.63) is 0 Å². The summed E-state index contributed by atoms with van der Waals surface area (Å²) < 4.78 is 0. The molecule has 1 nitrogen and oxygen atoms in total. The summed E-state index contributed by atoms with van der Waals surface area (Å²) in [6.45, 7) is 8.35. The van der Waals surface area contributed by atoms with Crippen molar-refractivity contribution in [3.8, 4) is 0 Å². The third-order valence-electron chi connectivity index (χ3n) is 2.84. The van der Waals surface area contributed by atoms with E-state index in [4.69, 9.17) is 0 Å². The molecule has 0 aromatic carbocycles. The summed E-state index contributed by atoms with van der Waals surface area (Å²) >= 11 is 0. The lowest BCUT2D eigenvalue weighted by Gasteiger charge is -1.97. The Balaban J connectivity index is 0. The highest BCUT2D eigenvalue weighted by Crippen LogP contribution is 2.06. The first-order chi connectivity index (χ1) is 8.18. The molecule has 0 aromatic rings. The van der Waals surface area contributed by atoms with Gasteiger partial charge in [-0.25, -0.2) is 0 Å². The molecular weight excluding hydrogens is 208 g/mol. The summed E-state index contributed by atoms with van der Waals surface area (Å²) in [4.78, 5) is 10.5. The molecule has 104 valence electrons. The van der Waals surface area contributed by atoms with Gasteiger partial charge in [-0.2, -0.15) is 0 Å². The maximum Gasteiger partial charge on any atom is 0.129 e. The van der Waals surface area contributed by atoms with E-state index >= 15 is 0 Å². The van der Waals surface area contributed by atoms with E-state index in [0.29, 0.717) is 5.78 Å². The number of carbonyl (C=O) groups is 1. The molecule has 0 aliphatic heterocycles. The number of Topliss-reactive ketones (excluding diaryl/α,β-unsaturated/α-hetero) is 1. The van der Waals surface area contributed by atoms with Gasteiger partial charge in [0, 0.05) is 6.42 Å². The van der Waals surface area contributed by atoms with Crippen molar-refractivity contribution in [2.24, 2.45) is 0 Å². The van der Waals surface area contributed by atoms with Crippen LogP contribution in [-0.4, -0.2) is 5.78 Å². The largest absolute Gasteiger partial charge is 0.300 e. The van der Waals surface area contributed by atoms with Crippen LogP contribution in [0.1, 0.15) is 98.3 Å². The second kappa shape index (κ2) is 18.0. The number of rotatable bonds is 10. The standard InChI is InChI=1S/C10H20O.C6H14/c1-3-4-5-6-7-8-9-10(2)11;1-3-5-6-4-2/h3-9H2,1-2H3;3-6H2,1-2H3. The van der Waals surface area contributed by atoms with Gasteiger partial charge in [0.25, 0.3) is 0 Å². The molecule has 0 radical (unpaired) electrons. The Kier molecular flexibility index (Phi) is 20.2. The minimum atomic E-state index is 0.334. The van der Waals surface area contributed by atoms with Crippen LogP contribution in [0, 0.1) is 0 Å². The van der Waals surface area contributed by atoms with E-state index < -0.39 is 0 Å². The lowest BCUT2D eigenvalue weighted by atomic mass is 10.1. The van der Waals surface area contributed by atoms with Crippen LogP contribution in [0.5, 0.6) is 0 Å². The van der Waals surface area contributed by atoms with Crippen LogP contribution in [0.25, 0.3) is 0 Å². The predicted molar refractivity (Wildman–Crippen MR) is 78.5 cm³/mol. The molecule has 0 spiro atoms. The number of unbranched alkanes of at least 4 members (excludes halogenated alkanes) is 8. The van der Waals surface area contributed by atoms with Gasteiger partial charge in [-0.1, -0.05) is 78.6 Å². The van der Waals surface area contributed by atoms with Crippen molar-refractivity contribution >= 4 is 5.78 Å². The van der Waals surface area contributed by atoms with Crippen molar-refractivity contribution in [2.45, 2.75) is 98.3 Å². The van der Waals surface area contributed by atoms with Crippen LogP contribution in [0.2, 0.25) is 0 Å². The van der Waals surface area contributed by atoms with Gasteiger partial charge in [0.15, 0.2) is 0 Å². The molecule has 0 saturated carbocycles. The van der Waals surface area contributed by atoms with Crippen LogP contribution in [-0.2, 0) is 4.79 Å². The molecule has 0 rings (SSSR count). The molecule has 0 saturated heterocycles. The molecule has 0 bridgehead atoms. The number of carbonyl (C=O) groups excluding carboxylic acids is 1. The predicted octanol–water partition coefficient (Wildman–Crippen LogP) is 5.91. The van der Waals surface area contributed by atoms with Gasteiger partial charge in [-0.3, -0.25) is 0 Å². The zero-order valence-electron chi connectivity index (χ0n) is 12.7. The monoisotopic (exact) mass is 242 g/mol. The smallest absolute Gasteiger partial charge is 0.129 e. The fourth-order valence-corrected chi connectivity index (χ4v) is 1.65. The first-order valence-corrected chi connectivity index (χ1v) is 7.68. The van der Waals surface area contributed by atoms with Crippen molar-refractivity contribution in [1.29, 1.82) is 0 Å². The Morgan fingerprint density at radius 2 is 1.00 bits per heavy atom. The summed E-state index contributed by atoms with van der Waals surface area (Å²) in [6, 6.07) is 0. The molecule has 0 amide bonds. The Morgan fingerprint density at radius 3 is 1.41 bits per heavy atom. The van der Waals surface area contributed by atoms with E-state index in [1.165, 1.54) is 57.8 Å². The minimum Gasteiger partial charge on any atom is -0.300 e. The third kappa shape index (κ3) is 25.7. The minimum absolute atomic E-state index is 0.334. The number of ketones is 1. The van der Waals surface area contributed by atoms with Gasteiger partial charge >= 0.3 is 0 Å². The zero-order valence-corrected chi connectivity index (χ0v) is 12.7. The lowest BCUT2D eigenvalue weighted by Crippen LogP contribution is -1.88. The first kappa shape index (κ1) is 19.0. The van der Waals surface area contributed by atoms with Crippen molar-refractivity contribution in [2.75, 3.05) is 0 Å². The fourth-order valence-electron chi connectivity index (χ4n) is 1.65. The quantitative estimate of drug-likeness (QED) is 0.435. The average molecular weight is 242 g/mol. The topological polar surface area (TPSA) is 17.1 Å². The zero-order chi connectivity index (χ0) is 13.4. The van der Waals surface area contributed by atoms with E-state index in [2.05, 4.69) is 20.8 Å². The van der Waals surface area contributed by atoms with E-state index in [9.17, 15) is 4.79 Å². The second-order valence-electron chi connectivity index (χ2n) is 4.93. The number of hydrogen-bond donors (Lipinski definition) is 0. The van der Waals surface area contributed by atoms with Crippen molar-refractivity contribution in [3.63, 3.8) is 0 Å². The molecule has 1 heteroatoms. The Bertz CT molecular complexity index is 136. The van der Waals surface area contributed by atoms with Gasteiger partial charge in [0.05, 0.1) is 0 Å². The molecule has 0 unspecified atom stereocenters. The van der Waals surface area contributed by atoms with Crippen LogP contribution in [0.4, 0.5) is 0 Å². The third-order valence-corrected chi connectivity index (χ3v) is 2.84. The van der Waals surface area contributed by atoms with Crippen LogP contribution in [0.3, 0.4) is 0 Å².